The van der Waals surface area contributed by atoms with E-state index in [0.29, 0.717) is 18.4 Å². The average molecular weight is 458 g/mol. The zero-order valence-electron chi connectivity index (χ0n) is 18.1. The maximum Gasteiger partial charge on any atom is 0.408 e. The Kier molecular flexibility index (Phi) is 7.69. The number of thiophene rings is 1. The highest BCUT2D eigenvalue weighted by Gasteiger charge is 2.23. The minimum atomic E-state index is -1.15. The molecule has 1 amide bonds. The molecule has 0 aromatic carbocycles. The summed E-state index contributed by atoms with van der Waals surface area (Å²) >= 11 is 1.63. The van der Waals surface area contributed by atoms with Crippen molar-refractivity contribution in [3.8, 4) is 5.75 Å². The molecule has 8 heteroatoms. The van der Waals surface area contributed by atoms with Crippen LogP contribution in [0.15, 0.2) is 45.3 Å². The summed E-state index contributed by atoms with van der Waals surface area (Å²) in [5.74, 6) is -0.110. The molecule has 1 atom stereocenters. The van der Waals surface area contributed by atoms with Gasteiger partial charge >= 0.3 is 11.7 Å². The average Bonchev–Trinajstić information content (AvgIpc) is 3.43. The topological polar surface area (TPSA) is 117 Å². The Hall–Kier alpha value is -3.13. The van der Waals surface area contributed by atoms with E-state index >= 15 is 0 Å². The first-order valence-corrected chi connectivity index (χ1v) is 11.4. The minimum Gasteiger partial charge on any atom is -0.507 e. The molecule has 1 unspecified atom stereocenters. The van der Waals surface area contributed by atoms with Crippen molar-refractivity contribution in [3.63, 3.8) is 0 Å². The highest BCUT2D eigenvalue weighted by molar-refractivity contribution is 7.12. The monoisotopic (exact) mass is 457 g/mol. The first-order chi connectivity index (χ1) is 15.2. The predicted octanol–water partition coefficient (Wildman–Crippen LogP) is 5.31. The number of allylic oxidation sites excluding steroid dienone is 2. The summed E-state index contributed by atoms with van der Waals surface area (Å²) in [5.41, 5.74) is -0.882. The summed E-state index contributed by atoms with van der Waals surface area (Å²) < 4.78 is 5.33. The first kappa shape index (κ1) is 23.5. The van der Waals surface area contributed by atoms with Crippen molar-refractivity contribution in [2.45, 2.75) is 51.9 Å². The van der Waals surface area contributed by atoms with E-state index in [4.69, 9.17) is 9.52 Å². The number of ketones is 1. The molecule has 2 aromatic heterocycles. The second-order valence-corrected chi connectivity index (χ2v) is 9.33. The van der Waals surface area contributed by atoms with Gasteiger partial charge in [-0.3, -0.25) is 10.1 Å². The summed E-state index contributed by atoms with van der Waals surface area (Å²) in [7, 11) is 0. The van der Waals surface area contributed by atoms with E-state index in [1.54, 1.807) is 30.4 Å². The fraction of sp³-hybridized carbons (Fsp3) is 0.375. The molecule has 2 heterocycles. The Balaban J connectivity index is 1.68. The van der Waals surface area contributed by atoms with Crippen LogP contribution in [0.3, 0.4) is 0 Å². The number of carbonyl (C=O) groups excluding carboxylic acids is 1. The fourth-order valence-corrected chi connectivity index (χ4v) is 4.45. The standard InChI is InChI=1S/C24H27NO6S/c1-14(5-3-4-10-25-24(29)30)20-13-19(26)21(23(28)31-20)22(27)15(2)11-17-8-9-18(32-17)12-16-6-7-16/h4,8-11,13-14,16,25-26H,3,5-7,12H2,1-2H3,(H,29,30)/b10-4+,15-11?. The largest absolute Gasteiger partial charge is 0.507 e. The lowest BCUT2D eigenvalue weighted by molar-refractivity contribution is 0.102. The third-order valence-corrected chi connectivity index (χ3v) is 6.39. The first-order valence-electron chi connectivity index (χ1n) is 10.6. The van der Waals surface area contributed by atoms with E-state index in [-0.39, 0.29) is 17.2 Å². The van der Waals surface area contributed by atoms with Crippen LogP contribution in [-0.2, 0) is 6.42 Å². The Labute approximate surface area is 190 Å². The van der Waals surface area contributed by atoms with Crippen molar-refractivity contribution < 1.29 is 24.2 Å². The predicted molar refractivity (Wildman–Crippen MR) is 123 cm³/mol. The minimum absolute atomic E-state index is 0.208. The summed E-state index contributed by atoms with van der Waals surface area (Å²) in [6.45, 7) is 3.44. The van der Waals surface area contributed by atoms with Crippen LogP contribution < -0.4 is 10.9 Å². The van der Waals surface area contributed by atoms with E-state index in [1.807, 2.05) is 13.0 Å². The van der Waals surface area contributed by atoms with Gasteiger partial charge in [-0.1, -0.05) is 13.0 Å². The highest BCUT2D eigenvalue weighted by atomic mass is 32.1. The summed E-state index contributed by atoms with van der Waals surface area (Å²) in [5, 5.41) is 21.0. The number of aromatic hydroxyl groups is 1. The lowest BCUT2D eigenvalue weighted by Crippen LogP contribution is -2.16. The van der Waals surface area contributed by atoms with Crippen LogP contribution in [-0.4, -0.2) is 22.1 Å². The van der Waals surface area contributed by atoms with Crippen LogP contribution in [0.4, 0.5) is 4.79 Å². The van der Waals surface area contributed by atoms with Gasteiger partial charge in [-0.2, -0.15) is 0 Å². The fourth-order valence-electron chi connectivity index (χ4n) is 3.32. The lowest BCUT2D eigenvalue weighted by Gasteiger charge is -2.11. The van der Waals surface area contributed by atoms with Crippen LogP contribution in [0.5, 0.6) is 5.75 Å². The van der Waals surface area contributed by atoms with Crippen molar-refractivity contribution in [2.75, 3.05) is 0 Å². The van der Waals surface area contributed by atoms with Crippen LogP contribution in [0.2, 0.25) is 0 Å². The number of nitrogens with one attached hydrogen (secondary N) is 1. The Bertz CT molecular complexity index is 1110. The van der Waals surface area contributed by atoms with Crippen LogP contribution >= 0.6 is 11.3 Å². The van der Waals surface area contributed by atoms with Crippen LogP contribution in [0.1, 0.15) is 71.3 Å². The van der Waals surface area contributed by atoms with E-state index in [9.17, 15) is 19.5 Å². The molecule has 1 aliphatic rings. The van der Waals surface area contributed by atoms with Gasteiger partial charge in [-0.25, -0.2) is 9.59 Å². The van der Waals surface area contributed by atoms with Gasteiger partial charge in [0.25, 0.3) is 0 Å². The van der Waals surface area contributed by atoms with Crippen molar-refractivity contribution in [1.82, 2.24) is 5.32 Å². The molecule has 3 rings (SSSR count). The highest BCUT2D eigenvalue weighted by Crippen LogP contribution is 2.35. The number of carboxylic acid groups (broad SMARTS) is 1. The zero-order valence-corrected chi connectivity index (χ0v) is 18.9. The Morgan fingerprint density at radius 2 is 2.09 bits per heavy atom. The number of amides is 1. The van der Waals surface area contributed by atoms with Gasteiger partial charge in [-0.05, 0) is 68.7 Å². The third-order valence-electron chi connectivity index (χ3n) is 5.34. The molecule has 0 spiro atoms. The quantitative estimate of drug-likeness (QED) is 0.329. The number of hydrogen-bond acceptors (Lipinski definition) is 6. The Morgan fingerprint density at radius 3 is 2.75 bits per heavy atom. The molecule has 0 bridgehead atoms. The molecule has 170 valence electrons. The van der Waals surface area contributed by atoms with E-state index in [0.717, 1.165) is 17.2 Å². The molecule has 0 radical (unpaired) electrons. The second-order valence-electron chi connectivity index (χ2n) is 8.13. The molecule has 1 aliphatic carbocycles. The van der Waals surface area contributed by atoms with Gasteiger partial charge in [0.2, 0.25) is 0 Å². The molecule has 3 N–H and O–H groups in total. The van der Waals surface area contributed by atoms with Crippen molar-refractivity contribution in [2.24, 2.45) is 5.92 Å². The number of rotatable bonds is 10. The number of Topliss-reactive ketones (excluding diaryl/α,β-unsaturated/α-hetero) is 1. The molecule has 0 saturated heterocycles. The van der Waals surface area contributed by atoms with E-state index in [1.165, 1.54) is 30.0 Å². The van der Waals surface area contributed by atoms with Crippen LogP contribution in [0.25, 0.3) is 6.08 Å². The summed E-state index contributed by atoms with van der Waals surface area (Å²) in [4.78, 5) is 37.9. The van der Waals surface area contributed by atoms with E-state index in [2.05, 4.69) is 11.4 Å². The number of carbonyl (C=O) groups is 2. The molecule has 1 saturated carbocycles. The summed E-state index contributed by atoms with van der Waals surface area (Å²) in [6.07, 6.45) is 8.29. The van der Waals surface area contributed by atoms with Gasteiger partial charge in [-0.15, -0.1) is 11.3 Å². The smallest absolute Gasteiger partial charge is 0.408 e. The molecular weight excluding hydrogens is 430 g/mol. The maximum atomic E-state index is 12.8. The molecule has 32 heavy (non-hydrogen) atoms. The number of hydrogen-bond donors (Lipinski definition) is 3. The van der Waals surface area contributed by atoms with Gasteiger partial charge in [0.15, 0.2) is 5.78 Å². The maximum absolute atomic E-state index is 12.8. The van der Waals surface area contributed by atoms with Gasteiger partial charge < -0.3 is 14.6 Å². The summed E-state index contributed by atoms with van der Waals surface area (Å²) in [6, 6.07) is 5.35. The van der Waals surface area contributed by atoms with Gasteiger partial charge in [0.1, 0.15) is 17.1 Å². The lowest BCUT2D eigenvalue weighted by atomic mass is 10.00. The zero-order chi connectivity index (χ0) is 23.3. The van der Waals surface area contributed by atoms with Crippen molar-refractivity contribution in [3.05, 3.63) is 67.5 Å². The van der Waals surface area contributed by atoms with Gasteiger partial charge in [0, 0.05) is 27.9 Å². The SMILES string of the molecule is CC(=Cc1ccc(CC2CC2)s1)C(=O)c1c(O)cc(C(C)CC/C=C/NC(=O)O)oc1=O. The van der Waals surface area contributed by atoms with Crippen LogP contribution in [0, 0.1) is 5.92 Å². The molecule has 7 nitrogen and oxygen atoms in total. The van der Waals surface area contributed by atoms with Crippen molar-refractivity contribution in [1.29, 1.82) is 0 Å². The molecule has 2 aromatic rings. The van der Waals surface area contributed by atoms with Gasteiger partial charge in [0.05, 0.1) is 0 Å². The Morgan fingerprint density at radius 1 is 1.34 bits per heavy atom. The third kappa shape index (κ3) is 6.43. The van der Waals surface area contributed by atoms with Crippen molar-refractivity contribution >= 4 is 29.3 Å². The molecule has 0 aliphatic heterocycles. The molecule has 1 fully saturated rings. The molecular formula is C24H27NO6S. The van der Waals surface area contributed by atoms with E-state index < -0.39 is 23.3 Å². The normalized spacial score (nSPS) is 15.1. The second kappa shape index (κ2) is 10.5.